The molecule has 0 amide bonds. The molecule has 1 rings (SSSR count). The molecule has 0 saturated carbocycles. The van der Waals surface area contributed by atoms with E-state index in [4.69, 9.17) is 4.74 Å². The van der Waals surface area contributed by atoms with Crippen molar-refractivity contribution in [3.63, 3.8) is 0 Å². The van der Waals surface area contributed by atoms with Crippen LogP contribution in [0.1, 0.15) is 39.7 Å². The van der Waals surface area contributed by atoms with Gasteiger partial charge in [0.25, 0.3) is 0 Å². The highest BCUT2D eigenvalue weighted by molar-refractivity contribution is 7.89. The van der Waals surface area contributed by atoms with E-state index in [-0.39, 0.29) is 16.9 Å². The van der Waals surface area contributed by atoms with Crippen LogP contribution in [-0.4, -0.2) is 32.8 Å². The number of hydrogen-bond donors (Lipinski definition) is 2. The van der Waals surface area contributed by atoms with Crippen LogP contribution in [0.3, 0.4) is 0 Å². The Bertz CT molecular complexity index is 591. The van der Waals surface area contributed by atoms with Gasteiger partial charge in [0.2, 0.25) is 10.0 Å². The van der Waals surface area contributed by atoms with E-state index in [9.17, 15) is 13.5 Å². The van der Waals surface area contributed by atoms with Gasteiger partial charge in [0.05, 0.1) is 12.7 Å². The highest BCUT2D eigenvalue weighted by Crippen LogP contribution is 2.25. The SMILES string of the molecule is CCOc1ccc(C)cc1S(=O)(=O)NCCC(O)C(C)(C)C. The van der Waals surface area contributed by atoms with Crippen molar-refractivity contribution in [3.8, 4) is 5.75 Å². The second-order valence-electron chi connectivity index (χ2n) is 6.45. The Labute approximate surface area is 133 Å². The molecule has 0 aromatic heterocycles. The number of rotatable bonds is 7. The molecular weight excluding hydrogens is 302 g/mol. The number of sulfonamides is 1. The zero-order valence-corrected chi connectivity index (χ0v) is 14.8. The van der Waals surface area contributed by atoms with E-state index in [1.54, 1.807) is 12.1 Å². The Balaban J connectivity index is 2.85. The molecule has 0 radical (unpaired) electrons. The van der Waals surface area contributed by atoms with E-state index in [0.29, 0.717) is 18.8 Å². The summed E-state index contributed by atoms with van der Waals surface area (Å²) in [7, 11) is -3.66. The van der Waals surface area contributed by atoms with Gasteiger partial charge in [-0.25, -0.2) is 13.1 Å². The quantitative estimate of drug-likeness (QED) is 0.806. The van der Waals surface area contributed by atoms with E-state index in [1.165, 1.54) is 0 Å². The minimum atomic E-state index is -3.66. The van der Waals surface area contributed by atoms with E-state index >= 15 is 0 Å². The van der Waals surface area contributed by atoms with E-state index in [0.717, 1.165) is 5.56 Å². The fourth-order valence-electron chi connectivity index (χ4n) is 1.94. The van der Waals surface area contributed by atoms with E-state index < -0.39 is 16.1 Å². The number of ether oxygens (including phenoxy) is 1. The third-order valence-electron chi connectivity index (χ3n) is 3.40. The molecule has 0 spiro atoms. The van der Waals surface area contributed by atoms with Crippen LogP contribution in [0.2, 0.25) is 0 Å². The fraction of sp³-hybridized carbons (Fsp3) is 0.625. The van der Waals surface area contributed by atoms with E-state index in [2.05, 4.69) is 4.72 Å². The number of aliphatic hydroxyl groups excluding tert-OH is 1. The van der Waals surface area contributed by atoms with Crippen LogP contribution in [0.5, 0.6) is 5.75 Å². The molecule has 22 heavy (non-hydrogen) atoms. The summed E-state index contributed by atoms with van der Waals surface area (Å²) in [6.07, 6.45) is -0.211. The van der Waals surface area contributed by atoms with Gasteiger partial charge >= 0.3 is 0 Å². The Morgan fingerprint density at radius 3 is 2.50 bits per heavy atom. The largest absolute Gasteiger partial charge is 0.492 e. The van der Waals surface area contributed by atoms with Crippen LogP contribution < -0.4 is 9.46 Å². The summed E-state index contributed by atoms with van der Waals surface area (Å²) in [5, 5.41) is 9.98. The first kappa shape index (κ1) is 18.9. The third-order valence-corrected chi connectivity index (χ3v) is 4.88. The highest BCUT2D eigenvalue weighted by Gasteiger charge is 2.24. The number of benzene rings is 1. The first-order valence-corrected chi connectivity index (χ1v) is 8.97. The number of nitrogens with one attached hydrogen (secondary N) is 1. The van der Waals surface area contributed by atoms with Crippen LogP contribution in [0.15, 0.2) is 23.1 Å². The maximum Gasteiger partial charge on any atom is 0.244 e. The lowest BCUT2D eigenvalue weighted by Crippen LogP contribution is -2.32. The monoisotopic (exact) mass is 329 g/mol. The third kappa shape index (κ3) is 5.26. The molecule has 126 valence electrons. The van der Waals surface area contributed by atoms with Gasteiger partial charge in [0.1, 0.15) is 10.6 Å². The van der Waals surface area contributed by atoms with Crippen molar-refractivity contribution < 1.29 is 18.3 Å². The maximum atomic E-state index is 12.4. The standard InChI is InChI=1S/C16H27NO4S/c1-6-21-13-8-7-12(2)11-14(13)22(19,20)17-10-9-15(18)16(3,4)5/h7-8,11,15,17-18H,6,9-10H2,1-5H3. The van der Waals surface area contributed by atoms with Crippen molar-refractivity contribution in [2.45, 2.75) is 52.0 Å². The van der Waals surface area contributed by atoms with Crippen LogP contribution in [0.4, 0.5) is 0 Å². The molecular formula is C16H27NO4S. The van der Waals surface area contributed by atoms with Crippen LogP contribution >= 0.6 is 0 Å². The average Bonchev–Trinajstić information content (AvgIpc) is 2.39. The van der Waals surface area contributed by atoms with Gasteiger partial charge in [-0.05, 0) is 43.4 Å². The highest BCUT2D eigenvalue weighted by atomic mass is 32.2. The summed E-state index contributed by atoms with van der Waals surface area (Å²) in [5.41, 5.74) is 0.573. The van der Waals surface area contributed by atoms with E-state index in [1.807, 2.05) is 40.7 Å². The molecule has 6 heteroatoms. The van der Waals surface area contributed by atoms with Gasteiger partial charge in [-0.2, -0.15) is 0 Å². The summed E-state index contributed by atoms with van der Waals surface area (Å²) in [4.78, 5) is 0.139. The summed E-state index contributed by atoms with van der Waals surface area (Å²) in [6.45, 7) is 9.97. The summed E-state index contributed by atoms with van der Waals surface area (Å²) in [5.74, 6) is 0.344. The molecule has 0 aliphatic heterocycles. The normalized spacial score (nSPS) is 13.9. The Morgan fingerprint density at radius 2 is 1.95 bits per heavy atom. The Kier molecular flexibility index (Phi) is 6.40. The minimum Gasteiger partial charge on any atom is -0.492 e. The van der Waals surface area contributed by atoms with Crippen LogP contribution in [-0.2, 0) is 10.0 Å². The number of aryl methyl sites for hydroxylation is 1. The molecule has 0 heterocycles. The zero-order valence-electron chi connectivity index (χ0n) is 14.0. The van der Waals surface area contributed by atoms with Crippen molar-refractivity contribution in [2.75, 3.05) is 13.2 Å². The van der Waals surface area contributed by atoms with Gasteiger partial charge in [0.15, 0.2) is 0 Å². The average molecular weight is 329 g/mol. The molecule has 0 saturated heterocycles. The lowest BCUT2D eigenvalue weighted by atomic mass is 9.87. The number of hydrogen-bond acceptors (Lipinski definition) is 4. The molecule has 1 unspecified atom stereocenters. The van der Waals surface area contributed by atoms with Crippen molar-refractivity contribution in [1.82, 2.24) is 4.72 Å². The summed E-state index contributed by atoms with van der Waals surface area (Å²) >= 11 is 0. The predicted molar refractivity (Wildman–Crippen MR) is 87.6 cm³/mol. The van der Waals surface area contributed by atoms with Gasteiger partial charge < -0.3 is 9.84 Å². The fourth-order valence-corrected chi connectivity index (χ4v) is 3.22. The molecule has 2 N–H and O–H groups in total. The van der Waals surface area contributed by atoms with Gasteiger partial charge in [0, 0.05) is 6.54 Å². The zero-order chi connectivity index (χ0) is 17.0. The topological polar surface area (TPSA) is 75.6 Å². The van der Waals surface area contributed by atoms with Crippen LogP contribution in [0, 0.1) is 12.3 Å². The van der Waals surface area contributed by atoms with Crippen molar-refractivity contribution >= 4 is 10.0 Å². The molecule has 0 aliphatic rings. The van der Waals surface area contributed by atoms with Gasteiger partial charge in [-0.3, -0.25) is 0 Å². The molecule has 1 aromatic carbocycles. The van der Waals surface area contributed by atoms with Gasteiger partial charge in [-0.15, -0.1) is 0 Å². The second-order valence-corrected chi connectivity index (χ2v) is 8.19. The smallest absolute Gasteiger partial charge is 0.244 e. The Morgan fingerprint density at radius 1 is 1.32 bits per heavy atom. The Hall–Kier alpha value is -1.11. The van der Waals surface area contributed by atoms with Crippen molar-refractivity contribution in [1.29, 1.82) is 0 Å². The van der Waals surface area contributed by atoms with Gasteiger partial charge in [-0.1, -0.05) is 26.8 Å². The van der Waals surface area contributed by atoms with Crippen LogP contribution in [0.25, 0.3) is 0 Å². The maximum absolute atomic E-state index is 12.4. The first-order chi connectivity index (χ1) is 10.1. The minimum absolute atomic E-state index is 0.139. The molecule has 1 aromatic rings. The summed E-state index contributed by atoms with van der Waals surface area (Å²) in [6, 6.07) is 5.07. The molecule has 0 bridgehead atoms. The molecule has 0 fully saturated rings. The predicted octanol–water partition coefficient (Wildman–Crippen LogP) is 2.47. The number of aliphatic hydroxyl groups is 1. The van der Waals surface area contributed by atoms with Crippen molar-refractivity contribution in [2.24, 2.45) is 5.41 Å². The second kappa shape index (κ2) is 7.44. The molecule has 1 atom stereocenters. The van der Waals surface area contributed by atoms with Crippen molar-refractivity contribution in [3.05, 3.63) is 23.8 Å². The molecule has 5 nitrogen and oxygen atoms in total. The lowest BCUT2D eigenvalue weighted by molar-refractivity contribution is 0.0571. The molecule has 0 aliphatic carbocycles. The first-order valence-electron chi connectivity index (χ1n) is 7.49. The summed E-state index contributed by atoms with van der Waals surface area (Å²) < 4.78 is 32.8. The lowest BCUT2D eigenvalue weighted by Gasteiger charge is -2.25.